The Morgan fingerprint density at radius 1 is 1.22 bits per heavy atom. The van der Waals surface area contributed by atoms with Crippen LogP contribution in [-0.2, 0) is 4.79 Å². The first-order valence-corrected chi connectivity index (χ1v) is 7.86. The Bertz CT molecular complexity index is 190. The Hall–Kier alpha value is -0.530. The number of amides is 1. The Balaban J connectivity index is 0. The van der Waals surface area contributed by atoms with Gasteiger partial charge in [-0.15, -0.1) is 0 Å². The van der Waals surface area contributed by atoms with Gasteiger partial charge in [0.05, 0.1) is 0 Å². The lowest BCUT2D eigenvalue weighted by atomic mass is 10.1. The molecule has 18 heavy (non-hydrogen) atoms. The monoisotopic (exact) mass is 257 g/mol. The van der Waals surface area contributed by atoms with E-state index in [0.717, 1.165) is 19.4 Å². The van der Waals surface area contributed by atoms with Crippen LogP contribution in [0.1, 0.15) is 80.6 Å². The minimum Gasteiger partial charge on any atom is -0.340 e. The number of rotatable bonds is 3. The van der Waals surface area contributed by atoms with Crippen molar-refractivity contribution >= 4 is 5.91 Å². The molecule has 1 fully saturated rings. The maximum absolute atomic E-state index is 11.8. The van der Waals surface area contributed by atoms with Crippen molar-refractivity contribution < 1.29 is 4.79 Å². The second-order valence-electron chi connectivity index (χ2n) is 5.10. The molecule has 0 N–H and O–H groups in total. The second-order valence-corrected chi connectivity index (χ2v) is 5.10. The van der Waals surface area contributed by atoms with Crippen LogP contribution >= 0.6 is 0 Å². The molecule has 0 bridgehead atoms. The van der Waals surface area contributed by atoms with Gasteiger partial charge in [0.15, 0.2) is 0 Å². The van der Waals surface area contributed by atoms with Gasteiger partial charge in [0, 0.05) is 19.0 Å². The number of nitrogens with zero attached hydrogens (tertiary/aromatic N) is 1. The van der Waals surface area contributed by atoms with Crippen molar-refractivity contribution in [1.29, 1.82) is 0 Å². The fraction of sp³-hybridized carbons (Fsp3) is 0.938. The minimum absolute atomic E-state index is 0.361. The van der Waals surface area contributed by atoms with E-state index in [1.54, 1.807) is 0 Å². The number of carbonyl (C=O) groups excluding carboxylic acids is 1. The maximum Gasteiger partial charge on any atom is 0.223 e. The summed E-state index contributed by atoms with van der Waals surface area (Å²) in [5.41, 5.74) is 0. The second kappa shape index (κ2) is 12.9. The molecule has 1 saturated heterocycles. The zero-order valence-corrected chi connectivity index (χ0v) is 13.8. The fourth-order valence-corrected chi connectivity index (χ4v) is 2.06. The number of hydrogen-bond donors (Lipinski definition) is 0. The maximum atomic E-state index is 11.8. The molecule has 0 aliphatic carbocycles. The third kappa shape index (κ3) is 8.54. The van der Waals surface area contributed by atoms with Crippen LogP contribution in [0.4, 0.5) is 0 Å². The molecular weight excluding hydrogens is 222 g/mol. The average Bonchev–Trinajstić information content (AvgIpc) is 2.80. The van der Waals surface area contributed by atoms with E-state index in [2.05, 4.69) is 39.5 Å². The minimum atomic E-state index is 0.361. The lowest BCUT2D eigenvalue weighted by Crippen LogP contribution is -2.35. The van der Waals surface area contributed by atoms with Gasteiger partial charge in [-0.1, -0.05) is 54.9 Å². The summed E-state index contributed by atoms with van der Waals surface area (Å²) in [6, 6.07) is 0.534. The van der Waals surface area contributed by atoms with Gasteiger partial charge >= 0.3 is 0 Å². The van der Waals surface area contributed by atoms with Crippen LogP contribution in [0.25, 0.3) is 0 Å². The molecule has 0 radical (unpaired) electrons. The lowest BCUT2D eigenvalue weighted by molar-refractivity contribution is -0.132. The van der Waals surface area contributed by atoms with Crippen molar-refractivity contribution in [2.45, 2.75) is 86.6 Å². The van der Waals surface area contributed by atoms with E-state index in [-0.39, 0.29) is 0 Å². The van der Waals surface area contributed by atoms with Crippen LogP contribution in [0, 0.1) is 5.92 Å². The standard InChI is InChI=1S/C11H21NO.C3H8.C2H6/c1-4-10-6-5-7-12(10)11(13)8-9(2)3;1-3-2;1-2/h9-10H,4-8H2,1-3H3;3H2,1-2H3;1-2H3/t10-;;/m1../s1. The highest BCUT2D eigenvalue weighted by Crippen LogP contribution is 2.21. The van der Waals surface area contributed by atoms with Gasteiger partial charge in [-0.25, -0.2) is 0 Å². The Morgan fingerprint density at radius 3 is 2.11 bits per heavy atom. The van der Waals surface area contributed by atoms with Crippen molar-refractivity contribution in [3.63, 3.8) is 0 Å². The largest absolute Gasteiger partial charge is 0.340 e. The van der Waals surface area contributed by atoms with Gasteiger partial charge in [-0.2, -0.15) is 0 Å². The smallest absolute Gasteiger partial charge is 0.223 e. The van der Waals surface area contributed by atoms with E-state index < -0.39 is 0 Å². The van der Waals surface area contributed by atoms with E-state index in [9.17, 15) is 4.79 Å². The van der Waals surface area contributed by atoms with Crippen molar-refractivity contribution in [2.75, 3.05) is 6.54 Å². The number of carbonyl (C=O) groups is 1. The molecular formula is C16H35NO. The van der Waals surface area contributed by atoms with E-state index in [1.807, 2.05) is 13.8 Å². The molecule has 1 aliphatic heterocycles. The summed E-state index contributed by atoms with van der Waals surface area (Å²) in [5, 5.41) is 0. The predicted octanol–water partition coefficient (Wildman–Crippen LogP) is 4.88. The topological polar surface area (TPSA) is 20.3 Å². The van der Waals surface area contributed by atoms with Crippen LogP contribution in [0.5, 0.6) is 0 Å². The van der Waals surface area contributed by atoms with Gasteiger partial charge < -0.3 is 4.90 Å². The number of likely N-dealkylation sites (tertiary alicyclic amines) is 1. The van der Waals surface area contributed by atoms with E-state index in [4.69, 9.17) is 0 Å². The normalized spacial score (nSPS) is 17.8. The van der Waals surface area contributed by atoms with Crippen molar-refractivity contribution in [3.05, 3.63) is 0 Å². The lowest BCUT2D eigenvalue weighted by Gasteiger charge is -2.24. The molecule has 0 unspecified atom stereocenters. The summed E-state index contributed by atoms with van der Waals surface area (Å²) in [6.07, 6.45) is 5.49. The average molecular weight is 257 g/mol. The van der Waals surface area contributed by atoms with Gasteiger partial charge in [0.25, 0.3) is 0 Å². The summed E-state index contributed by atoms with van der Waals surface area (Å²) in [4.78, 5) is 13.8. The van der Waals surface area contributed by atoms with Crippen LogP contribution < -0.4 is 0 Å². The molecule has 1 aliphatic rings. The van der Waals surface area contributed by atoms with Crippen LogP contribution in [0.3, 0.4) is 0 Å². The summed E-state index contributed by atoms with van der Waals surface area (Å²) in [7, 11) is 0. The quantitative estimate of drug-likeness (QED) is 0.706. The zero-order valence-electron chi connectivity index (χ0n) is 13.8. The summed E-state index contributed by atoms with van der Waals surface area (Å²) in [6.45, 7) is 15.6. The summed E-state index contributed by atoms with van der Waals surface area (Å²) < 4.78 is 0. The molecule has 0 spiro atoms. The first kappa shape index (κ1) is 19.8. The third-order valence-corrected chi connectivity index (χ3v) is 2.75. The van der Waals surface area contributed by atoms with Gasteiger partial charge in [0.1, 0.15) is 0 Å². The SMILES string of the molecule is CC.CCC.CC[C@@H]1CCCN1C(=O)CC(C)C. The summed E-state index contributed by atoms with van der Waals surface area (Å²) >= 11 is 0. The Kier molecular flexibility index (Phi) is 14.2. The molecule has 0 aromatic heterocycles. The highest BCUT2D eigenvalue weighted by molar-refractivity contribution is 5.77. The van der Waals surface area contributed by atoms with Gasteiger partial charge in [0.2, 0.25) is 5.91 Å². The molecule has 110 valence electrons. The third-order valence-electron chi connectivity index (χ3n) is 2.75. The van der Waals surface area contributed by atoms with Gasteiger partial charge in [-0.3, -0.25) is 4.79 Å². The fourth-order valence-electron chi connectivity index (χ4n) is 2.06. The molecule has 1 rings (SSSR count). The molecule has 1 heterocycles. The van der Waals surface area contributed by atoms with E-state index in [1.165, 1.54) is 19.3 Å². The van der Waals surface area contributed by atoms with Crippen molar-refractivity contribution in [2.24, 2.45) is 5.92 Å². The molecule has 0 saturated carbocycles. The van der Waals surface area contributed by atoms with Crippen molar-refractivity contribution in [3.8, 4) is 0 Å². The highest BCUT2D eigenvalue weighted by Gasteiger charge is 2.26. The molecule has 0 aromatic carbocycles. The van der Waals surface area contributed by atoms with Crippen LogP contribution in [0.2, 0.25) is 0 Å². The summed E-state index contributed by atoms with van der Waals surface area (Å²) in [5.74, 6) is 0.852. The van der Waals surface area contributed by atoms with E-state index >= 15 is 0 Å². The first-order chi connectivity index (χ1) is 8.56. The molecule has 1 atom stereocenters. The highest BCUT2D eigenvalue weighted by atomic mass is 16.2. The Morgan fingerprint density at radius 2 is 1.72 bits per heavy atom. The molecule has 1 amide bonds. The van der Waals surface area contributed by atoms with Gasteiger partial charge in [-0.05, 0) is 25.2 Å². The van der Waals surface area contributed by atoms with Crippen LogP contribution in [-0.4, -0.2) is 23.4 Å². The zero-order chi connectivity index (χ0) is 14.6. The predicted molar refractivity (Wildman–Crippen MR) is 81.8 cm³/mol. The molecule has 2 nitrogen and oxygen atoms in total. The van der Waals surface area contributed by atoms with E-state index in [0.29, 0.717) is 17.9 Å². The molecule has 0 aromatic rings. The molecule has 2 heteroatoms. The van der Waals surface area contributed by atoms with Crippen LogP contribution in [0.15, 0.2) is 0 Å². The Labute approximate surface area is 115 Å². The first-order valence-electron chi connectivity index (χ1n) is 7.86. The number of hydrogen-bond acceptors (Lipinski definition) is 1. The van der Waals surface area contributed by atoms with Crippen molar-refractivity contribution in [1.82, 2.24) is 4.90 Å².